The molecule has 10 atom stereocenters. The fourth-order valence-corrected chi connectivity index (χ4v) is 5.58. The molecule has 0 aromatic carbocycles. The van der Waals surface area contributed by atoms with Crippen molar-refractivity contribution in [2.75, 3.05) is 6.54 Å². The van der Waals surface area contributed by atoms with E-state index >= 15 is 0 Å². The number of hydrogen-bond acceptors (Lipinski definition) is 11. The molecule has 0 amide bonds. The van der Waals surface area contributed by atoms with Crippen molar-refractivity contribution in [1.29, 1.82) is 10.8 Å². The first-order valence-corrected chi connectivity index (χ1v) is 14.1. The van der Waals surface area contributed by atoms with E-state index in [9.17, 15) is 15.3 Å². The number of nitrogens with two attached hydrogens (primary N) is 4. The maximum Gasteiger partial charge on any atom is 0.196 e. The van der Waals surface area contributed by atoms with Crippen molar-refractivity contribution in [3.63, 3.8) is 0 Å². The van der Waals surface area contributed by atoms with Crippen LogP contribution in [0.3, 0.4) is 0 Å². The third-order valence-corrected chi connectivity index (χ3v) is 8.29. The van der Waals surface area contributed by atoms with Crippen LogP contribution in [0, 0.1) is 16.7 Å². The summed E-state index contributed by atoms with van der Waals surface area (Å²) in [6, 6.07) is -1.22. The fourth-order valence-electron chi connectivity index (χ4n) is 5.58. The second-order valence-electron chi connectivity index (χ2n) is 11.7. The molecule has 39 heavy (non-hydrogen) atoms. The lowest BCUT2D eigenvalue weighted by molar-refractivity contribution is -0.141. The van der Waals surface area contributed by atoms with Crippen LogP contribution >= 0.6 is 0 Å². The Morgan fingerprint density at radius 1 is 1.15 bits per heavy atom. The molecular formula is C26H50N8O5. The lowest BCUT2D eigenvalue weighted by atomic mass is 9.75. The number of ether oxygens (including phenoxy) is 2. The van der Waals surface area contributed by atoms with Crippen molar-refractivity contribution in [2.45, 2.75) is 126 Å². The van der Waals surface area contributed by atoms with E-state index in [2.05, 4.69) is 10.6 Å². The van der Waals surface area contributed by atoms with Gasteiger partial charge in [-0.3, -0.25) is 10.8 Å². The normalized spacial score (nSPS) is 35.3. The smallest absolute Gasteiger partial charge is 0.196 e. The molecule has 1 aliphatic heterocycles. The third-order valence-electron chi connectivity index (χ3n) is 8.29. The van der Waals surface area contributed by atoms with Crippen molar-refractivity contribution in [2.24, 2.45) is 28.9 Å². The van der Waals surface area contributed by atoms with E-state index in [4.69, 9.17) is 43.2 Å². The molecule has 3 fully saturated rings. The molecule has 2 aliphatic carbocycles. The molecule has 3 rings (SSSR count). The predicted molar refractivity (Wildman–Crippen MR) is 149 cm³/mol. The molecular weight excluding hydrogens is 504 g/mol. The maximum atomic E-state index is 10.6. The van der Waals surface area contributed by atoms with Crippen LogP contribution < -0.4 is 33.6 Å². The highest BCUT2D eigenvalue weighted by atomic mass is 16.6. The van der Waals surface area contributed by atoms with E-state index in [1.165, 1.54) is 13.0 Å². The van der Waals surface area contributed by atoms with Gasteiger partial charge in [0.05, 0.1) is 42.2 Å². The minimum atomic E-state index is -1.45. The number of hydrogen-bond donors (Lipinski definition) is 11. The molecule has 1 heterocycles. The van der Waals surface area contributed by atoms with Gasteiger partial charge in [0, 0.05) is 18.6 Å². The second-order valence-corrected chi connectivity index (χ2v) is 11.7. The number of aliphatic hydroxyl groups is 3. The van der Waals surface area contributed by atoms with Crippen molar-refractivity contribution in [3.8, 4) is 0 Å². The predicted octanol–water partition coefficient (Wildman–Crippen LogP) is -1.32. The number of rotatable bonds is 11. The van der Waals surface area contributed by atoms with E-state index in [0.29, 0.717) is 38.6 Å². The van der Waals surface area contributed by atoms with Crippen LogP contribution in [0.15, 0.2) is 11.8 Å². The monoisotopic (exact) mass is 554 g/mol. The van der Waals surface area contributed by atoms with Crippen LogP contribution in [-0.2, 0) is 9.47 Å². The number of aliphatic hydroxyl groups excluding tert-OH is 2. The summed E-state index contributed by atoms with van der Waals surface area (Å²) in [6.45, 7) is 3.75. The molecule has 10 unspecified atom stereocenters. The molecule has 0 radical (unpaired) electrons. The van der Waals surface area contributed by atoms with Crippen LogP contribution in [0.1, 0.15) is 65.2 Å². The first-order valence-electron chi connectivity index (χ1n) is 14.1. The van der Waals surface area contributed by atoms with Gasteiger partial charge in [0.1, 0.15) is 17.3 Å². The molecule has 0 spiro atoms. The average molecular weight is 555 g/mol. The lowest BCUT2D eigenvalue weighted by Gasteiger charge is -2.45. The highest BCUT2D eigenvalue weighted by Gasteiger charge is 2.44. The molecule has 13 nitrogen and oxygen atoms in total. The van der Waals surface area contributed by atoms with Crippen molar-refractivity contribution >= 4 is 11.7 Å². The Morgan fingerprint density at radius 3 is 2.44 bits per heavy atom. The summed E-state index contributed by atoms with van der Waals surface area (Å²) in [6.07, 6.45) is 3.04. The molecule has 15 N–H and O–H groups in total. The molecule has 2 saturated carbocycles. The van der Waals surface area contributed by atoms with Crippen molar-refractivity contribution < 1.29 is 24.8 Å². The highest BCUT2D eigenvalue weighted by molar-refractivity contribution is 5.88. The van der Waals surface area contributed by atoms with Crippen molar-refractivity contribution in [1.82, 2.24) is 10.6 Å². The summed E-state index contributed by atoms with van der Waals surface area (Å²) in [7, 11) is 0. The minimum Gasteiger partial charge on any atom is -0.398 e. The van der Waals surface area contributed by atoms with Gasteiger partial charge in [-0.15, -0.1) is 0 Å². The quantitative estimate of drug-likeness (QED) is 0.0811. The Hall–Kier alpha value is -1.84. The third kappa shape index (κ3) is 8.57. The minimum absolute atomic E-state index is 0.00628. The Balaban J connectivity index is 1.68. The summed E-state index contributed by atoms with van der Waals surface area (Å²) >= 11 is 0. The SMILES string of the molecule is CC(O)/C=C(\N)C(O)OC1CC(CC2OC(CNC(=N)C(C)N)CCC2N)C(N)CC1NC(=N)C1(O)CCC1. The van der Waals surface area contributed by atoms with Crippen LogP contribution in [0.5, 0.6) is 0 Å². The molecule has 0 bridgehead atoms. The highest BCUT2D eigenvalue weighted by Crippen LogP contribution is 2.36. The van der Waals surface area contributed by atoms with Crippen LogP contribution in [-0.4, -0.2) is 94.0 Å². The second kappa shape index (κ2) is 13.7. The first kappa shape index (κ1) is 31.7. The van der Waals surface area contributed by atoms with E-state index in [-0.39, 0.29) is 53.6 Å². The summed E-state index contributed by atoms with van der Waals surface area (Å²) < 4.78 is 12.3. The number of amidine groups is 2. The van der Waals surface area contributed by atoms with E-state index < -0.39 is 30.1 Å². The first-order chi connectivity index (χ1) is 18.3. The van der Waals surface area contributed by atoms with Gasteiger partial charge >= 0.3 is 0 Å². The van der Waals surface area contributed by atoms with Gasteiger partial charge < -0.3 is 58.4 Å². The van der Waals surface area contributed by atoms with Gasteiger partial charge in [0.15, 0.2) is 6.29 Å². The topological polar surface area (TPSA) is 255 Å². The van der Waals surface area contributed by atoms with Gasteiger partial charge in [-0.25, -0.2) is 0 Å². The maximum absolute atomic E-state index is 10.6. The van der Waals surface area contributed by atoms with Crippen LogP contribution in [0.25, 0.3) is 0 Å². The average Bonchev–Trinajstić information content (AvgIpc) is 2.84. The summed E-state index contributed by atoms with van der Waals surface area (Å²) in [5.74, 6) is 0.246. The molecule has 0 aromatic heterocycles. The number of nitrogens with one attached hydrogen (secondary N) is 4. The Labute approximate surface area is 231 Å². The fraction of sp³-hybridized carbons (Fsp3) is 0.846. The Morgan fingerprint density at radius 2 is 1.85 bits per heavy atom. The molecule has 0 aromatic rings. The Kier molecular flexibility index (Phi) is 11.1. The molecule has 1 saturated heterocycles. The molecule has 3 aliphatic rings. The largest absolute Gasteiger partial charge is 0.398 e. The zero-order chi connectivity index (χ0) is 28.9. The summed E-state index contributed by atoms with van der Waals surface area (Å²) in [5, 5.41) is 53.4. The van der Waals surface area contributed by atoms with Crippen molar-refractivity contribution in [3.05, 3.63) is 11.8 Å². The van der Waals surface area contributed by atoms with E-state index in [0.717, 1.165) is 19.3 Å². The van der Waals surface area contributed by atoms with Gasteiger partial charge in [-0.2, -0.15) is 0 Å². The standard InChI is InChI=1S/C26H50N8O5/c1-13(35)8-19(30)24(36)39-22-10-15(18(29)11-20(22)34-25(32)26(37)6-3-7-26)9-21-17(28)5-4-16(38-21)12-33-23(31)14(2)27/h8,13-18,20-22,24,35-37H,3-7,9-12,27-30H2,1-2H3,(H2,31,33)(H2,32,34)/b19-8-. The van der Waals surface area contributed by atoms with Gasteiger partial charge in [-0.05, 0) is 77.2 Å². The Bertz CT molecular complexity index is 867. The summed E-state index contributed by atoms with van der Waals surface area (Å²) in [5.41, 5.74) is 23.6. The zero-order valence-electron chi connectivity index (χ0n) is 23.2. The van der Waals surface area contributed by atoms with Crippen LogP contribution in [0.4, 0.5) is 0 Å². The van der Waals surface area contributed by atoms with Gasteiger partial charge in [0.2, 0.25) is 0 Å². The summed E-state index contributed by atoms with van der Waals surface area (Å²) in [4.78, 5) is 0. The van der Waals surface area contributed by atoms with Gasteiger partial charge in [0.25, 0.3) is 0 Å². The van der Waals surface area contributed by atoms with Crippen LogP contribution in [0.2, 0.25) is 0 Å². The molecule has 13 heteroatoms. The van der Waals surface area contributed by atoms with E-state index in [1.807, 2.05) is 0 Å². The zero-order valence-corrected chi connectivity index (χ0v) is 23.2. The molecule has 224 valence electrons. The lowest BCUT2D eigenvalue weighted by Crippen LogP contribution is -2.61. The van der Waals surface area contributed by atoms with Gasteiger partial charge in [-0.1, -0.05) is 0 Å². The van der Waals surface area contributed by atoms with E-state index in [1.54, 1.807) is 6.92 Å².